The summed E-state index contributed by atoms with van der Waals surface area (Å²) in [5.41, 5.74) is 4.18. The number of carbonyl (C=O) groups is 1. The van der Waals surface area contributed by atoms with Crippen molar-refractivity contribution in [1.82, 2.24) is 14.5 Å². The van der Waals surface area contributed by atoms with E-state index in [0.717, 1.165) is 42.0 Å². The third-order valence-electron chi connectivity index (χ3n) is 5.20. The van der Waals surface area contributed by atoms with Gasteiger partial charge in [0.15, 0.2) is 0 Å². The smallest absolute Gasteiger partial charge is 0.258 e. The van der Waals surface area contributed by atoms with E-state index >= 15 is 0 Å². The lowest BCUT2D eigenvalue weighted by molar-refractivity contribution is 0.0739. The fraction of sp³-hybridized carbons (Fsp3) is 0.200. The van der Waals surface area contributed by atoms with Crippen LogP contribution in [0.15, 0.2) is 48.8 Å². The second-order valence-electron chi connectivity index (χ2n) is 6.65. The maximum atomic E-state index is 13.2. The normalized spacial score (nSPS) is 18.3. The van der Waals surface area contributed by atoms with Crippen LogP contribution in [0.2, 0.25) is 10.0 Å². The minimum absolute atomic E-state index is 0.00570. The van der Waals surface area contributed by atoms with Gasteiger partial charge < -0.3 is 4.90 Å². The van der Waals surface area contributed by atoms with Gasteiger partial charge in [0.05, 0.1) is 33.7 Å². The van der Waals surface area contributed by atoms with Crippen molar-refractivity contribution in [1.29, 1.82) is 0 Å². The van der Waals surface area contributed by atoms with Gasteiger partial charge in [-0.15, -0.1) is 0 Å². The van der Waals surface area contributed by atoms with Crippen molar-refractivity contribution < 1.29 is 4.79 Å². The first-order chi connectivity index (χ1) is 12.6. The summed E-state index contributed by atoms with van der Waals surface area (Å²) < 4.78 is 2.02. The first kappa shape index (κ1) is 15.9. The quantitative estimate of drug-likeness (QED) is 0.583. The van der Waals surface area contributed by atoms with Gasteiger partial charge in [-0.3, -0.25) is 9.36 Å². The molecule has 2 aromatic carbocycles. The highest BCUT2D eigenvalue weighted by molar-refractivity contribution is 6.34. The van der Waals surface area contributed by atoms with Crippen molar-refractivity contribution >= 4 is 29.1 Å². The summed E-state index contributed by atoms with van der Waals surface area (Å²) in [6.45, 7) is 0.730. The van der Waals surface area contributed by atoms with Crippen LogP contribution in [0.25, 0.3) is 16.9 Å². The molecule has 3 aromatic rings. The molecule has 0 N–H and O–H groups in total. The zero-order chi connectivity index (χ0) is 17.8. The summed E-state index contributed by atoms with van der Waals surface area (Å²) in [5, 5.41) is 1.14. The number of carbonyl (C=O) groups excluding carboxylic acids is 1. The summed E-state index contributed by atoms with van der Waals surface area (Å²) >= 11 is 12.6. The van der Waals surface area contributed by atoms with E-state index in [0.29, 0.717) is 15.6 Å². The molecule has 130 valence electrons. The molecule has 0 saturated carbocycles. The Hall–Kier alpha value is -2.30. The maximum absolute atomic E-state index is 13.2. The molecule has 1 amide bonds. The molecule has 1 aromatic heterocycles. The number of rotatable bonds is 1. The van der Waals surface area contributed by atoms with Gasteiger partial charge in [-0.05, 0) is 37.1 Å². The maximum Gasteiger partial charge on any atom is 0.258 e. The predicted molar refractivity (Wildman–Crippen MR) is 102 cm³/mol. The summed E-state index contributed by atoms with van der Waals surface area (Å²) in [6.07, 6.45) is 3.67. The van der Waals surface area contributed by atoms with Gasteiger partial charge in [-0.25, -0.2) is 4.98 Å². The Balaban J connectivity index is 1.82. The van der Waals surface area contributed by atoms with Crippen molar-refractivity contribution in [3.63, 3.8) is 0 Å². The van der Waals surface area contributed by atoms with Gasteiger partial charge in [0.25, 0.3) is 5.91 Å². The van der Waals surface area contributed by atoms with E-state index in [1.54, 1.807) is 12.4 Å². The van der Waals surface area contributed by atoms with Gasteiger partial charge in [0.2, 0.25) is 0 Å². The van der Waals surface area contributed by atoms with Crippen LogP contribution >= 0.6 is 23.2 Å². The first-order valence-corrected chi connectivity index (χ1v) is 9.34. The summed E-state index contributed by atoms with van der Waals surface area (Å²) in [6, 6.07) is 13.2. The molecule has 4 nitrogen and oxygen atoms in total. The largest absolute Gasteiger partial charge is 0.330 e. The van der Waals surface area contributed by atoms with Crippen molar-refractivity contribution in [2.24, 2.45) is 0 Å². The van der Waals surface area contributed by atoms with Crippen LogP contribution < -0.4 is 0 Å². The Morgan fingerprint density at radius 1 is 1.12 bits per heavy atom. The summed E-state index contributed by atoms with van der Waals surface area (Å²) in [7, 11) is 0. The van der Waals surface area contributed by atoms with Crippen LogP contribution in [0, 0.1) is 0 Å². The number of halogens is 2. The van der Waals surface area contributed by atoms with Crippen molar-refractivity contribution in [2.75, 3.05) is 6.54 Å². The first-order valence-electron chi connectivity index (χ1n) is 8.58. The lowest BCUT2D eigenvalue weighted by Crippen LogP contribution is -2.29. The molecule has 3 heterocycles. The van der Waals surface area contributed by atoms with Crippen LogP contribution in [0.3, 0.4) is 0 Å². The van der Waals surface area contributed by atoms with E-state index in [1.165, 1.54) is 0 Å². The summed E-state index contributed by atoms with van der Waals surface area (Å²) in [4.78, 5) is 19.8. The molecule has 2 aliphatic heterocycles. The Labute approximate surface area is 161 Å². The highest BCUT2D eigenvalue weighted by atomic mass is 35.5. The number of hydrogen-bond donors (Lipinski definition) is 0. The van der Waals surface area contributed by atoms with Gasteiger partial charge in [0.1, 0.15) is 6.33 Å². The van der Waals surface area contributed by atoms with Crippen molar-refractivity contribution in [3.8, 4) is 16.9 Å². The number of fused-ring (bicyclic) bond motifs is 5. The zero-order valence-electron chi connectivity index (χ0n) is 13.8. The number of hydrogen-bond acceptors (Lipinski definition) is 2. The zero-order valence-corrected chi connectivity index (χ0v) is 15.3. The van der Waals surface area contributed by atoms with Crippen LogP contribution in [0.5, 0.6) is 0 Å². The Morgan fingerprint density at radius 3 is 2.81 bits per heavy atom. The standard InChI is InChI=1S/C20H15Cl2N3O/c21-13-5-1-4-12(10-13)18-19-16-8-3-9-24(16)20(26)17-14(22)6-2-7-15(17)25(19)11-23-18/h1-2,4-7,10-11,16H,3,8-9H2/t16-/m0/s1. The topological polar surface area (TPSA) is 38.1 Å². The summed E-state index contributed by atoms with van der Waals surface area (Å²) in [5.74, 6) is -0.00570. The molecule has 6 heteroatoms. The van der Waals surface area contributed by atoms with Crippen LogP contribution in [0.4, 0.5) is 0 Å². The number of amides is 1. The number of benzene rings is 2. The van der Waals surface area contributed by atoms with Crippen LogP contribution in [-0.4, -0.2) is 26.9 Å². The Bertz CT molecular complexity index is 1040. The van der Waals surface area contributed by atoms with Gasteiger partial charge in [-0.1, -0.05) is 41.4 Å². The third kappa shape index (κ3) is 2.22. The molecule has 0 bridgehead atoms. The third-order valence-corrected chi connectivity index (χ3v) is 5.75. The molecule has 0 radical (unpaired) electrons. The fourth-order valence-corrected chi connectivity index (χ4v) is 4.53. The van der Waals surface area contributed by atoms with E-state index < -0.39 is 0 Å². The Morgan fingerprint density at radius 2 is 1.96 bits per heavy atom. The highest BCUT2D eigenvalue weighted by Gasteiger charge is 2.39. The average Bonchev–Trinajstić information content (AvgIpc) is 3.25. The second kappa shape index (κ2) is 5.86. The van der Waals surface area contributed by atoms with Gasteiger partial charge in [-0.2, -0.15) is 0 Å². The molecule has 0 unspecified atom stereocenters. The molecule has 1 atom stereocenters. The minimum Gasteiger partial charge on any atom is -0.330 e. The van der Waals surface area contributed by atoms with E-state index in [2.05, 4.69) is 4.98 Å². The van der Waals surface area contributed by atoms with Crippen molar-refractivity contribution in [2.45, 2.75) is 18.9 Å². The van der Waals surface area contributed by atoms with Crippen molar-refractivity contribution in [3.05, 3.63) is 70.1 Å². The Kier molecular flexibility index (Phi) is 3.59. The highest BCUT2D eigenvalue weighted by Crippen LogP contribution is 2.43. The molecule has 0 spiro atoms. The lowest BCUT2D eigenvalue weighted by atomic mass is 10.0. The predicted octanol–water partition coefficient (Wildman–Crippen LogP) is 5.14. The van der Waals surface area contributed by atoms with Crippen LogP contribution in [-0.2, 0) is 0 Å². The number of imidazole rings is 1. The second-order valence-corrected chi connectivity index (χ2v) is 7.49. The SMILES string of the molecule is O=C1c2c(Cl)cccc2-n2cnc(-c3cccc(Cl)c3)c2[C@@H]2CCCN12. The molecule has 0 aliphatic carbocycles. The monoisotopic (exact) mass is 383 g/mol. The fourth-order valence-electron chi connectivity index (χ4n) is 4.09. The van der Waals surface area contributed by atoms with E-state index in [4.69, 9.17) is 23.2 Å². The van der Waals surface area contributed by atoms with Gasteiger partial charge >= 0.3 is 0 Å². The van der Waals surface area contributed by atoms with E-state index in [9.17, 15) is 4.79 Å². The minimum atomic E-state index is -0.0116. The van der Waals surface area contributed by atoms with Crippen LogP contribution in [0.1, 0.15) is 34.9 Å². The molecule has 26 heavy (non-hydrogen) atoms. The molecule has 2 aliphatic rings. The molecular weight excluding hydrogens is 369 g/mol. The number of nitrogens with zero attached hydrogens (tertiary/aromatic N) is 3. The van der Waals surface area contributed by atoms with E-state index in [1.807, 2.05) is 45.9 Å². The lowest BCUT2D eigenvalue weighted by Gasteiger charge is -2.23. The average molecular weight is 384 g/mol. The molecule has 1 fully saturated rings. The molecule has 5 rings (SSSR count). The molecular formula is C20H15Cl2N3O. The van der Waals surface area contributed by atoms with E-state index in [-0.39, 0.29) is 11.9 Å². The molecule has 1 saturated heterocycles. The van der Waals surface area contributed by atoms with Gasteiger partial charge in [0, 0.05) is 17.1 Å². The number of aromatic nitrogens is 2.